The second kappa shape index (κ2) is 11.6. The van der Waals surface area contributed by atoms with Crippen LogP contribution in [0.1, 0.15) is 162 Å². The van der Waals surface area contributed by atoms with Crippen LogP contribution in [0.2, 0.25) is 0 Å². The molecule has 0 saturated carbocycles. The van der Waals surface area contributed by atoms with Crippen molar-refractivity contribution in [1.82, 2.24) is 0 Å². The first-order valence-electron chi connectivity index (χ1n) is 15.8. The fourth-order valence-electron chi connectivity index (χ4n) is 8.53. The van der Waals surface area contributed by atoms with E-state index in [0.29, 0.717) is 0 Å². The molecule has 0 heterocycles. The van der Waals surface area contributed by atoms with Crippen LogP contribution in [0.3, 0.4) is 0 Å². The van der Waals surface area contributed by atoms with E-state index >= 15 is 0 Å². The first-order valence-corrected chi connectivity index (χ1v) is 21.9. The van der Waals surface area contributed by atoms with Crippen LogP contribution in [-0.2, 0) is 38.7 Å². The maximum absolute atomic E-state index is 13.3. The third-order valence-electron chi connectivity index (χ3n) is 11.3. The van der Waals surface area contributed by atoms with Gasteiger partial charge in [-0.05, 0) is 114 Å². The summed E-state index contributed by atoms with van der Waals surface area (Å²) in [5, 5.41) is 12.9. The van der Waals surface area contributed by atoms with Gasteiger partial charge in [-0.2, -0.15) is 0 Å². The minimum absolute atomic E-state index is 0. The quantitative estimate of drug-likeness (QED) is 0.163. The molecule has 0 unspecified atom stereocenters. The second-order valence-corrected chi connectivity index (χ2v) is 25.2. The Bertz CT molecular complexity index is 1330. The average molecular weight is 679 g/mol. The number of hydrogen-bond donors (Lipinski definition) is 0. The Morgan fingerprint density at radius 1 is 0.605 bits per heavy atom. The molecule has 43 heavy (non-hydrogen) atoms. The molecule has 1 nitrogen and oxygen atoms in total. The van der Waals surface area contributed by atoms with Crippen molar-refractivity contribution in [2.24, 2.45) is 0 Å². The summed E-state index contributed by atoms with van der Waals surface area (Å²) in [5.41, 5.74) is 12.3. The summed E-state index contributed by atoms with van der Waals surface area (Å²) in [7, 11) is 7.21. The fraction of sp³-hybridized carbons (Fsp3) is 0.658. The van der Waals surface area contributed by atoms with Crippen LogP contribution in [0, 0.1) is 7.43 Å². The molecule has 3 aliphatic carbocycles. The van der Waals surface area contributed by atoms with E-state index in [1.54, 1.807) is 0 Å². The van der Waals surface area contributed by atoms with Crippen LogP contribution in [0.5, 0.6) is 0 Å². The summed E-state index contributed by atoms with van der Waals surface area (Å²) in [4.78, 5) is 0. The van der Waals surface area contributed by atoms with E-state index in [0.717, 1.165) is 0 Å². The predicted octanol–water partition coefficient (Wildman–Crippen LogP) is 13.6. The summed E-state index contributed by atoms with van der Waals surface area (Å²) < 4.78 is 0. The average Bonchev–Trinajstić information content (AvgIpc) is 3.15. The summed E-state index contributed by atoms with van der Waals surface area (Å²) in [6, 6.07) is 10.3. The van der Waals surface area contributed by atoms with Crippen molar-refractivity contribution in [3.63, 3.8) is 0 Å². The Balaban J connectivity index is 0.00000121. The molecule has 5 rings (SSSR count). The third kappa shape index (κ3) is 5.97. The maximum atomic E-state index is 13.3. The van der Waals surface area contributed by atoms with Gasteiger partial charge in [0, 0.05) is 5.66 Å². The van der Waals surface area contributed by atoms with E-state index in [2.05, 4.69) is 121 Å². The van der Waals surface area contributed by atoms with Gasteiger partial charge < -0.3 is 12.6 Å². The zero-order valence-corrected chi connectivity index (χ0v) is 33.8. The van der Waals surface area contributed by atoms with Gasteiger partial charge in [0.15, 0.2) is 0 Å². The molecule has 0 spiro atoms. The van der Waals surface area contributed by atoms with Crippen molar-refractivity contribution in [1.29, 1.82) is 0 Å². The molecule has 0 radical (unpaired) electrons. The summed E-state index contributed by atoms with van der Waals surface area (Å²) >= 11 is -0.556. The van der Waals surface area contributed by atoms with E-state index < -0.39 is 24.1 Å². The molecule has 0 aromatic heterocycles. The Morgan fingerprint density at radius 2 is 0.837 bits per heavy atom. The Labute approximate surface area is 282 Å². The normalized spacial score (nSPS) is 21.2. The summed E-state index contributed by atoms with van der Waals surface area (Å²) in [5.74, 6) is 0. The number of rotatable bonds is 1. The van der Waals surface area contributed by atoms with Crippen molar-refractivity contribution in [3.05, 3.63) is 70.2 Å². The van der Waals surface area contributed by atoms with E-state index in [1.165, 1.54) is 70.2 Å². The molecule has 2 aromatic rings. The minimum atomic E-state index is -2.57. The van der Waals surface area contributed by atoms with Gasteiger partial charge in [-0.25, -0.2) is 7.05 Å². The van der Waals surface area contributed by atoms with Crippen molar-refractivity contribution in [3.8, 4) is 11.1 Å². The molecule has 0 fully saturated rings. The second-order valence-electron chi connectivity index (χ2n) is 18.0. The Kier molecular flexibility index (Phi) is 10.1. The predicted molar refractivity (Wildman–Crippen MR) is 192 cm³/mol. The molecule has 0 bridgehead atoms. The van der Waals surface area contributed by atoms with Crippen LogP contribution < -0.4 is 0 Å². The summed E-state index contributed by atoms with van der Waals surface area (Å²) in [6.45, 7) is 33.2. The molecular formula is C38H58Cl2NPTi-2. The zero-order valence-electron chi connectivity index (χ0n) is 29.9. The van der Waals surface area contributed by atoms with Gasteiger partial charge >= 0.3 is 35.6 Å². The first-order chi connectivity index (χ1) is 18.9. The molecule has 3 aliphatic rings. The zero-order chi connectivity index (χ0) is 32.1. The summed E-state index contributed by atoms with van der Waals surface area (Å²) in [6.07, 6.45) is 4.85. The Hall–Kier alpha value is -0.0357. The van der Waals surface area contributed by atoms with Gasteiger partial charge in [0.1, 0.15) is 0 Å². The van der Waals surface area contributed by atoms with E-state index in [1.807, 2.05) is 0 Å². The topological polar surface area (TPSA) is 22.3 Å². The van der Waals surface area contributed by atoms with Crippen LogP contribution in [0.25, 0.3) is 16.3 Å². The van der Waals surface area contributed by atoms with Crippen LogP contribution in [0.15, 0.2) is 24.3 Å². The van der Waals surface area contributed by atoms with Gasteiger partial charge in [0.25, 0.3) is 0 Å². The van der Waals surface area contributed by atoms with E-state index in [9.17, 15) is 5.16 Å². The molecule has 5 heteroatoms. The SMILES string of the molecule is CC1(C)CCC(C)(C)c2cc3c(cc21)-c1cc2c(cc1C3P(=[N-])(C(C)(C)C)C(C)(C)C)C(C)(C)CCC2(C)C.[CH3-].[Cl][Ti][Cl]. The van der Waals surface area contributed by atoms with Crippen molar-refractivity contribution in [2.45, 2.75) is 160 Å². The number of nitrogens with zero attached hydrogens (tertiary/aromatic N) is 1. The van der Waals surface area contributed by atoms with Gasteiger partial charge in [0.2, 0.25) is 0 Å². The van der Waals surface area contributed by atoms with Crippen molar-refractivity contribution >= 4 is 25.7 Å². The van der Waals surface area contributed by atoms with Crippen molar-refractivity contribution in [2.75, 3.05) is 0 Å². The number of benzene rings is 2. The molecule has 0 atom stereocenters. The van der Waals surface area contributed by atoms with Gasteiger partial charge in [-0.15, -0.1) is 0 Å². The number of hydrogen-bond acceptors (Lipinski definition) is 0. The molecular weight excluding hydrogens is 620 g/mol. The van der Waals surface area contributed by atoms with E-state index in [4.69, 9.17) is 18.6 Å². The molecule has 0 amide bonds. The standard InChI is InChI=1S/C37H55NP.CH3.2ClH.Ti/c1-32(2,3)39(38,33(4,5)6)31-25-21-29-27(34(7,8)15-17-36(29,11)12)19-23(25)24-20-28-30(22-26(24)31)37(13,14)18-16-35(28,9)10;;;;/h19-22,31H,15-18H2,1-14H3;1H3;2*1H;/q2*-1;;;+2/p-2. The van der Waals surface area contributed by atoms with Crippen molar-refractivity contribution < 1.29 is 17.0 Å². The fourth-order valence-corrected chi connectivity index (χ4v) is 13.3. The van der Waals surface area contributed by atoms with Gasteiger partial charge in [-0.1, -0.05) is 109 Å². The monoisotopic (exact) mass is 677 g/mol. The molecule has 0 saturated heterocycles. The molecule has 240 valence electrons. The third-order valence-corrected chi connectivity index (χ3v) is 16.7. The van der Waals surface area contributed by atoms with E-state index in [-0.39, 0.29) is 45.1 Å². The molecule has 0 N–H and O–H groups in total. The molecule has 2 aromatic carbocycles. The molecule has 0 aliphatic heterocycles. The van der Waals surface area contributed by atoms with Gasteiger partial charge in [0.05, 0.1) is 0 Å². The van der Waals surface area contributed by atoms with Crippen LogP contribution in [0.4, 0.5) is 0 Å². The van der Waals surface area contributed by atoms with Gasteiger partial charge in [-0.3, -0.25) is 0 Å². The van der Waals surface area contributed by atoms with Crippen LogP contribution >= 0.6 is 25.7 Å². The van der Waals surface area contributed by atoms with Crippen LogP contribution in [-0.4, -0.2) is 10.3 Å². The number of halogens is 2. The number of fused-ring (bicyclic) bond motifs is 5. The Morgan fingerprint density at radius 3 is 1.07 bits per heavy atom. The first kappa shape index (κ1) is 37.4.